The fraction of sp³-hybridized carbons (Fsp3) is 0.667. The lowest BCUT2D eigenvalue weighted by atomic mass is 10.0. The van der Waals surface area contributed by atoms with Gasteiger partial charge in [-0.15, -0.1) is 0 Å². The number of allylic oxidation sites excluding steroid dienone is 1. The van der Waals surface area contributed by atoms with Crippen molar-refractivity contribution in [2.24, 2.45) is 0 Å². The van der Waals surface area contributed by atoms with Gasteiger partial charge >= 0.3 is 0 Å². The average molecular weight is 416 g/mol. The van der Waals surface area contributed by atoms with Gasteiger partial charge in [0.2, 0.25) is 5.91 Å². The summed E-state index contributed by atoms with van der Waals surface area (Å²) in [5.74, 6) is -0.0438. The van der Waals surface area contributed by atoms with Gasteiger partial charge in [-0.25, -0.2) is 0 Å². The highest BCUT2D eigenvalue weighted by atomic mass is 16.3. The molecule has 0 saturated heterocycles. The average Bonchev–Trinajstić information content (AvgIpc) is 2.74. The van der Waals surface area contributed by atoms with Crippen LogP contribution in [0.25, 0.3) is 0 Å². The van der Waals surface area contributed by atoms with E-state index in [4.69, 9.17) is 0 Å². The van der Waals surface area contributed by atoms with Crippen molar-refractivity contribution in [1.82, 2.24) is 5.32 Å². The number of amides is 1. The molecule has 0 fully saturated rings. The molecule has 0 radical (unpaired) electrons. The van der Waals surface area contributed by atoms with Crippen LogP contribution in [0.1, 0.15) is 103 Å². The van der Waals surface area contributed by atoms with Crippen molar-refractivity contribution < 1.29 is 9.90 Å². The van der Waals surface area contributed by atoms with E-state index < -0.39 is 6.10 Å². The summed E-state index contributed by atoms with van der Waals surface area (Å²) in [5, 5.41) is 13.2. The Morgan fingerprint density at radius 1 is 0.900 bits per heavy atom. The molecule has 2 atom stereocenters. The largest absolute Gasteiger partial charge is 0.391 e. The number of hydrogen-bond acceptors (Lipinski definition) is 2. The van der Waals surface area contributed by atoms with Gasteiger partial charge in [-0.05, 0) is 31.7 Å². The van der Waals surface area contributed by atoms with Crippen LogP contribution in [-0.4, -0.2) is 23.2 Å². The number of aliphatic hydroxyl groups is 1. The highest BCUT2D eigenvalue weighted by molar-refractivity contribution is 5.78. The second kappa shape index (κ2) is 18.2. The lowest BCUT2D eigenvalue weighted by molar-refractivity contribution is -0.121. The Balaban J connectivity index is 1.98. The highest BCUT2D eigenvalue weighted by Crippen LogP contribution is 2.12. The Hall–Kier alpha value is -1.61. The maximum atomic E-state index is 12.1. The molecule has 0 bridgehead atoms. The molecule has 1 aromatic rings. The Kier molecular flexibility index (Phi) is 16.0. The molecule has 30 heavy (non-hydrogen) atoms. The summed E-state index contributed by atoms with van der Waals surface area (Å²) in [5.41, 5.74) is 0.989. The molecule has 0 heterocycles. The Bertz CT molecular complexity index is 555. The van der Waals surface area contributed by atoms with Crippen molar-refractivity contribution in [2.75, 3.05) is 0 Å². The maximum Gasteiger partial charge on any atom is 0.224 e. The number of hydrogen-bond donors (Lipinski definition) is 2. The number of unbranched alkanes of at least 4 members (excludes halogenated alkanes) is 11. The van der Waals surface area contributed by atoms with Crippen LogP contribution in [0.5, 0.6) is 0 Å². The van der Waals surface area contributed by atoms with Crippen molar-refractivity contribution in [1.29, 1.82) is 0 Å². The number of rotatable bonds is 18. The monoisotopic (exact) mass is 415 g/mol. The minimum atomic E-state index is -0.543. The van der Waals surface area contributed by atoms with E-state index in [1.807, 2.05) is 37.3 Å². The molecular formula is C27H45NO2. The SMILES string of the molecule is CCCCCCCCCCCCC/C=C/C[C@@H](O)[C@H](C)NC(=O)Cc1ccccc1. The van der Waals surface area contributed by atoms with Crippen LogP contribution in [0.15, 0.2) is 42.5 Å². The van der Waals surface area contributed by atoms with Crippen LogP contribution < -0.4 is 5.32 Å². The molecular weight excluding hydrogens is 370 g/mol. The van der Waals surface area contributed by atoms with Gasteiger partial charge in [-0.2, -0.15) is 0 Å². The van der Waals surface area contributed by atoms with Crippen LogP contribution in [0.3, 0.4) is 0 Å². The van der Waals surface area contributed by atoms with E-state index in [9.17, 15) is 9.90 Å². The third-order valence-electron chi connectivity index (χ3n) is 5.69. The van der Waals surface area contributed by atoms with E-state index in [0.29, 0.717) is 12.8 Å². The van der Waals surface area contributed by atoms with E-state index in [0.717, 1.165) is 12.0 Å². The smallest absolute Gasteiger partial charge is 0.224 e. The van der Waals surface area contributed by atoms with E-state index in [1.54, 1.807) is 0 Å². The summed E-state index contributed by atoms with van der Waals surface area (Å²) < 4.78 is 0. The predicted octanol–water partition coefficient (Wildman–Crippen LogP) is 6.74. The zero-order valence-electron chi connectivity index (χ0n) is 19.5. The van der Waals surface area contributed by atoms with Gasteiger partial charge in [0.15, 0.2) is 0 Å². The topological polar surface area (TPSA) is 49.3 Å². The molecule has 2 N–H and O–H groups in total. The molecule has 0 aliphatic rings. The molecule has 3 nitrogen and oxygen atoms in total. The summed E-state index contributed by atoms with van der Waals surface area (Å²) in [6, 6.07) is 9.45. The molecule has 0 aromatic heterocycles. The standard InChI is InChI=1S/C27H45NO2/c1-3-4-5-6-7-8-9-10-11-12-13-14-15-19-22-26(29)24(2)28-27(30)23-25-20-17-16-18-21-25/h15-21,24,26,29H,3-14,22-23H2,1-2H3,(H,28,30)/b19-15+/t24-,26+/m0/s1. The molecule has 1 amide bonds. The maximum absolute atomic E-state index is 12.1. The molecule has 0 spiro atoms. The van der Waals surface area contributed by atoms with E-state index >= 15 is 0 Å². The van der Waals surface area contributed by atoms with E-state index in [2.05, 4.69) is 24.4 Å². The van der Waals surface area contributed by atoms with E-state index in [-0.39, 0.29) is 11.9 Å². The molecule has 0 saturated carbocycles. The van der Waals surface area contributed by atoms with Gasteiger partial charge < -0.3 is 10.4 Å². The van der Waals surface area contributed by atoms with Crippen LogP contribution >= 0.6 is 0 Å². The normalized spacial score (nSPS) is 13.4. The summed E-state index contributed by atoms with van der Waals surface area (Å²) in [7, 11) is 0. The third kappa shape index (κ3) is 14.4. The fourth-order valence-corrected chi connectivity index (χ4v) is 3.67. The quantitative estimate of drug-likeness (QED) is 0.206. The van der Waals surface area contributed by atoms with Gasteiger partial charge in [0.1, 0.15) is 0 Å². The fourth-order valence-electron chi connectivity index (χ4n) is 3.67. The van der Waals surface area contributed by atoms with Crippen LogP contribution in [0.2, 0.25) is 0 Å². The van der Waals surface area contributed by atoms with Crippen molar-refractivity contribution in [2.45, 2.75) is 116 Å². The van der Waals surface area contributed by atoms with Gasteiger partial charge in [-0.1, -0.05) is 114 Å². The van der Waals surface area contributed by atoms with Crippen LogP contribution in [0, 0.1) is 0 Å². The second-order valence-corrected chi connectivity index (χ2v) is 8.62. The van der Waals surface area contributed by atoms with Crippen molar-refractivity contribution >= 4 is 5.91 Å². The zero-order valence-corrected chi connectivity index (χ0v) is 19.5. The first-order valence-corrected chi connectivity index (χ1v) is 12.3. The number of nitrogens with one attached hydrogen (secondary N) is 1. The highest BCUT2D eigenvalue weighted by Gasteiger charge is 2.15. The Labute approximate surface area is 185 Å². The van der Waals surface area contributed by atoms with Gasteiger partial charge in [0.25, 0.3) is 0 Å². The molecule has 3 heteroatoms. The number of benzene rings is 1. The Morgan fingerprint density at radius 3 is 2.07 bits per heavy atom. The van der Waals surface area contributed by atoms with Crippen molar-refractivity contribution in [3.63, 3.8) is 0 Å². The summed E-state index contributed by atoms with van der Waals surface area (Å²) in [6.07, 6.45) is 20.7. The van der Waals surface area contributed by atoms with Gasteiger partial charge in [-0.3, -0.25) is 4.79 Å². The molecule has 1 aromatic carbocycles. The first-order valence-electron chi connectivity index (χ1n) is 12.3. The lowest BCUT2D eigenvalue weighted by Crippen LogP contribution is -2.41. The first kappa shape index (κ1) is 26.4. The number of aliphatic hydroxyl groups excluding tert-OH is 1. The molecule has 1 rings (SSSR count). The molecule has 0 aliphatic carbocycles. The summed E-state index contributed by atoms with van der Waals surface area (Å²) >= 11 is 0. The lowest BCUT2D eigenvalue weighted by Gasteiger charge is -2.19. The Morgan fingerprint density at radius 2 is 1.47 bits per heavy atom. The second-order valence-electron chi connectivity index (χ2n) is 8.62. The predicted molar refractivity (Wildman–Crippen MR) is 129 cm³/mol. The third-order valence-corrected chi connectivity index (χ3v) is 5.69. The minimum absolute atomic E-state index is 0.0438. The summed E-state index contributed by atoms with van der Waals surface area (Å²) in [4.78, 5) is 12.1. The molecule has 0 aliphatic heterocycles. The number of carbonyl (C=O) groups excluding carboxylic acids is 1. The van der Waals surface area contributed by atoms with Gasteiger partial charge in [0, 0.05) is 0 Å². The number of carbonyl (C=O) groups is 1. The van der Waals surface area contributed by atoms with E-state index in [1.165, 1.54) is 70.6 Å². The molecule has 170 valence electrons. The minimum Gasteiger partial charge on any atom is -0.391 e. The van der Waals surface area contributed by atoms with Crippen molar-refractivity contribution in [3.05, 3.63) is 48.0 Å². The summed E-state index contributed by atoms with van der Waals surface area (Å²) in [6.45, 7) is 4.14. The van der Waals surface area contributed by atoms with Crippen LogP contribution in [0.4, 0.5) is 0 Å². The van der Waals surface area contributed by atoms with Gasteiger partial charge in [0.05, 0.1) is 18.6 Å². The van der Waals surface area contributed by atoms with Crippen molar-refractivity contribution in [3.8, 4) is 0 Å². The van der Waals surface area contributed by atoms with Crippen LogP contribution in [-0.2, 0) is 11.2 Å². The first-order chi connectivity index (χ1) is 14.6. The zero-order chi connectivity index (χ0) is 21.9. The molecule has 0 unspecified atom stereocenters.